The number of nitrogens with zero attached hydrogens (tertiary/aromatic N) is 1. The van der Waals surface area contributed by atoms with Gasteiger partial charge in [0.25, 0.3) is 0 Å². The molecule has 0 spiro atoms. The fourth-order valence-electron chi connectivity index (χ4n) is 1.66. The number of benzene rings is 1. The zero-order chi connectivity index (χ0) is 12.6. The largest absolute Gasteiger partial charge is 0.380 e. The van der Waals surface area contributed by atoms with Crippen molar-refractivity contribution in [2.24, 2.45) is 0 Å². The maximum atomic E-state index is 13.6. The van der Waals surface area contributed by atoms with Gasteiger partial charge in [-0.1, -0.05) is 0 Å². The Morgan fingerprint density at radius 1 is 1.59 bits per heavy atom. The molecule has 0 aliphatic heterocycles. The number of fused-ring (bicyclic) bond motifs is 1. The van der Waals surface area contributed by atoms with Gasteiger partial charge in [0.1, 0.15) is 5.82 Å². The van der Waals surface area contributed by atoms with E-state index in [0.29, 0.717) is 14.9 Å². The number of methoxy groups -OCH3 is 1. The van der Waals surface area contributed by atoms with Crippen LogP contribution >= 0.6 is 34.8 Å². The van der Waals surface area contributed by atoms with Crippen LogP contribution in [0.2, 0.25) is 0 Å². The van der Waals surface area contributed by atoms with Crippen molar-refractivity contribution in [1.29, 1.82) is 0 Å². The molecule has 0 aliphatic carbocycles. The summed E-state index contributed by atoms with van der Waals surface area (Å²) in [7, 11) is 1.65. The third-order valence-corrected chi connectivity index (χ3v) is 3.81. The summed E-state index contributed by atoms with van der Waals surface area (Å²) in [5.41, 5.74) is 1.63. The lowest BCUT2D eigenvalue weighted by Crippen LogP contribution is -2.14. The van der Waals surface area contributed by atoms with Gasteiger partial charge < -0.3 is 14.3 Å². The highest BCUT2D eigenvalue weighted by molar-refractivity contribution is 14.1. The van der Waals surface area contributed by atoms with Crippen LogP contribution in [0.1, 0.15) is 6.92 Å². The van der Waals surface area contributed by atoms with E-state index < -0.39 is 0 Å². The second-order valence-electron chi connectivity index (χ2n) is 3.87. The third kappa shape index (κ3) is 2.53. The minimum Gasteiger partial charge on any atom is -0.380 e. The zero-order valence-corrected chi connectivity index (χ0v) is 12.4. The molecule has 0 amide bonds. The molecular weight excluding hydrogens is 354 g/mol. The summed E-state index contributed by atoms with van der Waals surface area (Å²) in [6.45, 7) is 2.55. The molecule has 6 heteroatoms. The van der Waals surface area contributed by atoms with Crippen LogP contribution in [-0.2, 0) is 11.3 Å². The molecule has 2 rings (SSSR count). The number of ether oxygens (including phenoxy) is 1. The van der Waals surface area contributed by atoms with Gasteiger partial charge in [-0.3, -0.25) is 0 Å². The molecule has 1 atom stereocenters. The van der Waals surface area contributed by atoms with Crippen LogP contribution in [0.5, 0.6) is 0 Å². The first-order valence-electron chi connectivity index (χ1n) is 5.13. The Hall–Kier alpha value is -0.470. The first-order valence-corrected chi connectivity index (χ1v) is 6.62. The van der Waals surface area contributed by atoms with Gasteiger partial charge in [-0.25, -0.2) is 4.39 Å². The van der Waals surface area contributed by atoms with E-state index in [1.54, 1.807) is 13.2 Å². The highest BCUT2D eigenvalue weighted by atomic mass is 127. The lowest BCUT2D eigenvalue weighted by atomic mass is 10.3. The second kappa shape index (κ2) is 5.03. The summed E-state index contributed by atoms with van der Waals surface area (Å²) in [5, 5.41) is 0. The molecule has 0 aliphatic rings. The van der Waals surface area contributed by atoms with Crippen LogP contribution in [0.3, 0.4) is 0 Å². The Morgan fingerprint density at radius 2 is 2.29 bits per heavy atom. The highest BCUT2D eigenvalue weighted by Crippen LogP contribution is 2.21. The van der Waals surface area contributed by atoms with Crippen molar-refractivity contribution in [2.45, 2.75) is 19.6 Å². The van der Waals surface area contributed by atoms with E-state index in [1.165, 1.54) is 6.07 Å². The maximum absolute atomic E-state index is 13.6. The monoisotopic (exact) mass is 366 g/mol. The lowest BCUT2D eigenvalue weighted by Gasteiger charge is -2.11. The Bertz CT molecular complexity index is 607. The maximum Gasteiger partial charge on any atom is 0.178 e. The lowest BCUT2D eigenvalue weighted by molar-refractivity contribution is 0.104. The second-order valence-corrected chi connectivity index (χ2v) is 5.42. The first kappa shape index (κ1) is 13.0. The van der Waals surface area contributed by atoms with Crippen LogP contribution in [0.15, 0.2) is 12.1 Å². The van der Waals surface area contributed by atoms with E-state index in [1.807, 2.05) is 34.1 Å². The van der Waals surface area contributed by atoms with Crippen LogP contribution in [-0.4, -0.2) is 22.8 Å². The van der Waals surface area contributed by atoms with E-state index in [0.717, 1.165) is 11.0 Å². The van der Waals surface area contributed by atoms with Crippen LogP contribution < -0.4 is 0 Å². The summed E-state index contributed by atoms with van der Waals surface area (Å²) in [6.07, 6.45) is 0.0306. The first-order chi connectivity index (χ1) is 8.02. The normalized spacial score (nSPS) is 13.2. The van der Waals surface area contributed by atoms with E-state index in [-0.39, 0.29) is 11.9 Å². The van der Waals surface area contributed by atoms with Gasteiger partial charge in [-0.2, -0.15) is 0 Å². The molecule has 0 saturated carbocycles. The molecular formula is C11H12FIN2OS. The van der Waals surface area contributed by atoms with Gasteiger partial charge in [-0.15, -0.1) is 0 Å². The molecule has 1 heterocycles. The number of rotatable bonds is 3. The van der Waals surface area contributed by atoms with Crippen molar-refractivity contribution >= 4 is 45.8 Å². The van der Waals surface area contributed by atoms with Gasteiger partial charge in [0.2, 0.25) is 0 Å². The van der Waals surface area contributed by atoms with Crippen molar-refractivity contribution < 1.29 is 9.13 Å². The number of H-pyrrole nitrogens is 1. The van der Waals surface area contributed by atoms with Gasteiger partial charge in [-0.05, 0) is 47.8 Å². The molecule has 0 bridgehead atoms. The van der Waals surface area contributed by atoms with Gasteiger partial charge in [0, 0.05) is 13.2 Å². The standard InChI is InChI=1S/C11H12FIN2OS/c1-6(16-2)5-15-10-3-7(12)8(13)4-9(10)14-11(15)17/h3-4,6H,5H2,1-2H3,(H,14,17). The number of aromatic amines is 1. The Labute approximate surface area is 117 Å². The number of hydrogen-bond acceptors (Lipinski definition) is 2. The van der Waals surface area contributed by atoms with Gasteiger partial charge in [0.15, 0.2) is 4.77 Å². The Balaban J connectivity index is 2.58. The van der Waals surface area contributed by atoms with E-state index in [9.17, 15) is 4.39 Å². The molecule has 2 aromatic rings. The summed E-state index contributed by atoms with van der Waals surface area (Å²) < 4.78 is 21.8. The molecule has 1 unspecified atom stereocenters. The molecule has 0 saturated heterocycles. The Kier molecular flexibility index (Phi) is 3.84. The molecule has 0 fully saturated rings. The number of aromatic nitrogens is 2. The van der Waals surface area contributed by atoms with E-state index in [2.05, 4.69) is 4.98 Å². The average Bonchev–Trinajstić information content (AvgIpc) is 2.56. The Morgan fingerprint density at radius 3 is 2.94 bits per heavy atom. The topological polar surface area (TPSA) is 29.9 Å². The number of imidazole rings is 1. The van der Waals surface area contributed by atoms with Crippen molar-refractivity contribution in [3.63, 3.8) is 0 Å². The zero-order valence-electron chi connectivity index (χ0n) is 9.46. The number of halogens is 2. The van der Waals surface area contributed by atoms with Gasteiger partial charge in [0.05, 0.1) is 27.3 Å². The summed E-state index contributed by atoms with van der Waals surface area (Å²) in [5.74, 6) is -0.231. The van der Waals surface area contributed by atoms with Crippen molar-refractivity contribution in [1.82, 2.24) is 9.55 Å². The average molecular weight is 366 g/mol. The molecule has 1 aromatic carbocycles. The third-order valence-electron chi connectivity index (χ3n) is 2.66. The number of hydrogen-bond donors (Lipinski definition) is 1. The minimum atomic E-state index is -0.231. The van der Waals surface area contributed by atoms with Crippen molar-refractivity contribution in [3.8, 4) is 0 Å². The summed E-state index contributed by atoms with van der Waals surface area (Å²) >= 11 is 7.20. The minimum absolute atomic E-state index is 0.0306. The van der Waals surface area contributed by atoms with Crippen molar-refractivity contribution in [3.05, 3.63) is 26.3 Å². The predicted molar refractivity (Wildman–Crippen MR) is 76.3 cm³/mol. The molecule has 1 N–H and O–H groups in total. The van der Waals surface area contributed by atoms with E-state index >= 15 is 0 Å². The molecule has 1 aromatic heterocycles. The molecule has 92 valence electrons. The van der Waals surface area contributed by atoms with Crippen LogP contribution in [0, 0.1) is 14.2 Å². The fourth-order valence-corrected chi connectivity index (χ4v) is 2.41. The van der Waals surface area contributed by atoms with Gasteiger partial charge >= 0.3 is 0 Å². The smallest absolute Gasteiger partial charge is 0.178 e. The summed E-state index contributed by atoms with van der Waals surface area (Å²) in [4.78, 5) is 3.08. The highest BCUT2D eigenvalue weighted by Gasteiger charge is 2.10. The molecule has 17 heavy (non-hydrogen) atoms. The summed E-state index contributed by atoms with van der Waals surface area (Å²) in [6, 6.07) is 3.26. The van der Waals surface area contributed by atoms with Crippen LogP contribution in [0.25, 0.3) is 11.0 Å². The van der Waals surface area contributed by atoms with Crippen molar-refractivity contribution in [2.75, 3.05) is 7.11 Å². The number of nitrogens with one attached hydrogen (secondary N) is 1. The quantitative estimate of drug-likeness (QED) is 0.666. The SMILES string of the molecule is COC(C)Cn1c(=S)[nH]c2cc(I)c(F)cc21. The van der Waals surface area contributed by atoms with Crippen LogP contribution in [0.4, 0.5) is 4.39 Å². The van der Waals surface area contributed by atoms with E-state index in [4.69, 9.17) is 17.0 Å². The fraction of sp³-hybridized carbons (Fsp3) is 0.364. The molecule has 0 radical (unpaired) electrons. The molecule has 3 nitrogen and oxygen atoms in total. The predicted octanol–water partition coefficient (Wildman–Crippen LogP) is 3.48.